The second-order valence-corrected chi connectivity index (χ2v) is 6.67. The van der Waals surface area contributed by atoms with Crippen LogP contribution in [-0.2, 0) is 0 Å². The summed E-state index contributed by atoms with van der Waals surface area (Å²) >= 11 is 1.23. The lowest BCUT2D eigenvalue weighted by Crippen LogP contribution is -2.42. The number of piperidine rings is 1. The van der Waals surface area contributed by atoms with E-state index in [4.69, 9.17) is 5.73 Å². The summed E-state index contributed by atoms with van der Waals surface area (Å²) < 4.78 is 13.7. The number of rotatable bonds is 4. The first-order valence-electron chi connectivity index (χ1n) is 7.73. The molecule has 3 rings (SSSR count). The number of nitrogens with zero attached hydrogens (tertiary/aromatic N) is 1. The lowest BCUT2D eigenvalue weighted by atomic mass is 10.0. The SMILES string of the molecule is NC(=O)c1csc(C(=O)N2CCC(Nc3ccccc3F)CC2)c1. The number of carbonyl (C=O) groups is 2. The van der Waals surface area contributed by atoms with E-state index in [1.807, 2.05) is 0 Å². The van der Waals surface area contributed by atoms with Crippen LogP contribution >= 0.6 is 11.3 Å². The molecule has 1 aliphatic rings. The van der Waals surface area contributed by atoms with E-state index in [-0.39, 0.29) is 17.8 Å². The molecule has 0 saturated carbocycles. The molecule has 2 amide bonds. The van der Waals surface area contributed by atoms with Crippen molar-refractivity contribution in [2.24, 2.45) is 5.73 Å². The second-order valence-electron chi connectivity index (χ2n) is 5.75. The van der Waals surface area contributed by atoms with Crippen molar-refractivity contribution in [1.82, 2.24) is 4.90 Å². The Balaban J connectivity index is 1.57. The van der Waals surface area contributed by atoms with Gasteiger partial charge in [0.1, 0.15) is 5.82 Å². The predicted molar refractivity (Wildman–Crippen MR) is 91.8 cm³/mol. The highest BCUT2D eigenvalue weighted by molar-refractivity contribution is 7.12. The van der Waals surface area contributed by atoms with Gasteiger partial charge in [0, 0.05) is 24.5 Å². The molecule has 0 spiro atoms. The molecular formula is C17H18FN3O2S. The molecule has 1 aromatic heterocycles. The van der Waals surface area contributed by atoms with Crippen molar-refractivity contribution in [2.45, 2.75) is 18.9 Å². The Morgan fingerprint density at radius 1 is 1.25 bits per heavy atom. The molecule has 0 radical (unpaired) electrons. The number of hydrogen-bond acceptors (Lipinski definition) is 4. The number of hydrogen-bond donors (Lipinski definition) is 2. The number of para-hydroxylation sites is 1. The summed E-state index contributed by atoms with van der Waals surface area (Å²) in [6, 6.07) is 8.26. The van der Waals surface area contributed by atoms with Crippen LogP contribution in [0.15, 0.2) is 35.7 Å². The molecule has 2 heterocycles. The molecule has 7 heteroatoms. The topological polar surface area (TPSA) is 75.4 Å². The number of anilines is 1. The van der Waals surface area contributed by atoms with Gasteiger partial charge >= 0.3 is 0 Å². The lowest BCUT2D eigenvalue weighted by molar-refractivity contribution is 0.0723. The summed E-state index contributed by atoms with van der Waals surface area (Å²) in [6.45, 7) is 1.18. The molecule has 0 atom stereocenters. The Morgan fingerprint density at radius 2 is 1.96 bits per heavy atom. The third-order valence-electron chi connectivity index (χ3n) is 4.11. The Hall–Kier alpha value is -2.41. The van der Waals surface area contributed by atoms with Crippen LogP contribution in [-0.4, -0.2) is 35.8 Å². The molecule has 3 N–H and O–H groups in total. The van der Waals surface area contributed by atoms with E-state index >= 15 is 0 Å². The number of nitrogens with one attached hydrogen (secondary N) is 1. The summed E-state index contributed by atoms with van der Waals surface area (Å²) in [5.74, 6) is -0.886. The van der Waals surface area contributed by atoms with E-state index < -0.39 is 5.91 Å². The fourth-order valence-corrected chi connectivity index (χ4v) is 3.62. The number of amides is 2. The van der Waals surface area contributed by atoms with Crippen LogP contribution in [0.5, 0.6) is 0 Å². The Bertz CT molecular complexity index is 754. The van der Waals surface area contributed by atoms with Gasteiger partial charge in [0.25, 0.3) is 5.91 Å². The van der Waals surface area contributed by atoms with Crippen LogP contribution in [0.3, 0.4) is 0 Å². The summed E-state index contributed by atoms with van der Waals surface area (Å²) in [5.41, 5.74) is 6.07. The van der Waals surface area contributed by atoms with Crippen molar-refractivity contribution >= 4 is 28.8 Å². The standard InChI is InChI=1S/C17H18FN3O2S/c18-13-3-1-2-4-14(13)20-12-5-7-21(8-6-12)17(23)15-9-11(10-24-15)16(19)22/h1-4,9-10,12,20H,5-8H2,(H2,19,22). The van der Waals surface area contributed by atoms with Gasteiger partial charge in [-0.05, 0) is 31.0 Å². The molecule has 1 aliphatic heterocycles. The molecule has 1 aromatic carbocycles. The average Bonchev–Trinajstić information content (AvgIpc) is 3.07. The van der Waals surface area contributed by atoms with Crippen LogP contribution in [0.25, 0.3) is 0 Å². The van der Waals surface area contributed by atoms with Crippen LogP contribution in [0.1, 0.15) is 32.9 Å². The maximum absolute atomic E-state index is 13.7. The minimum absolute atomic E-state index is 0.0863. The van der Waals surface area contributed by atoms with Gasteiger partial charge in [0.2, 0.25) is 5.91 Å². The number of likely N-dealkylation sites (tertiary alicyclic amines) is 1. The molecule has 1 fully saturated rings. The van der Waals surface area contributed by atoms with Crippen LogP contribution in [0, 0.1) is 5.82 Å². The maximum atomic E-state index is 13.7. The molecule has 0 bridgehead atoms. The number of primary amides is 1. The Labute approximate surface area is 143 Å². The zero-order chi connectivity index (χ0) is 17.1. The molecule has 1 saturated heterocycles. The highest BCUT2D eigenvalue weighted by atomic mass is 32.1. The third kappa shape index (κ3) is 3.56. The molecule has 126 valence electrons. The van der Waals surface area contributed by atoms with Crippen LogP contribution in [0.4, 0.5) is 10.1 Å². The Morgan fingerprint density at radius 3 is 2.58 bits per heavy atom. The number of thiophene rings is 1. The van der Waals surface area contributed by atoms with Gasteiger partial charge in [-0.15, -0.1) is 11.3 Å². The summed E-state index contributed by atoms with van der Waals surface area (Å²) in [5, 5.41) is 4.80. The van der Waals surface area contributed by atoms with Crippen LogP contribution in [0.2, 0.25) is 0 Å². The van der Waals surface area contributed by atoms with Crippen molar-refractivity contribution in [3.8, 4) is 0 Å². The van der Waals surface area contributed by atoms with E-state index in [0.29, 0.717) is 29.2 Å². The highest BCUT2D eigenvalue weighted by Crippen LogP contribution is 2.22. The van der Waals surface area contributed by atoms with Gasteiger partial charge < -0.3 is 16.0 Å². The molecule has 24 heavy (non-hydrogen) atoms. The number of halogens is 1. The normalized spacial score (nSPS) is 15.3. The fourth-order valence-electron chi connectivity index (χ4n) is 2.76. The number of benzene rings is 1. The lowest BCUT2D eigenvalue weighted by Gasteiger charge is -2.32. The van der Waals surface area contributed by atoms with Crippen molar-refractivity contribution in [3.63, 3.8) is 0 Å². The van der Waals surface area contributed by atoms with Crippen molar-refractivity contribution in [1.29, 1.82) is 0 Å². The summed E-state index contributed by atoms with van der Waals surface area (Å²) in [4.78, 5) is 25.9. The molecule has 0 unspecified atom stereocenters. The van der Waals surface area contributed by atoms with E-state index in [9.17, 15) is 14.0 Å². The van der Waals surface area contributed by atoms with Gasteiger partial charge in [-0.1, -0.05) is 12.1 Å². The first-order valence-corrected chi connectivity index (χ1v) is 8.61. The smallest absolute Gasteiger partial charge is 0.263 e. The summed E-state index contributed by atoms with van der Waals surface area (Å²) in [7, 11) is 0. The largest absolute Gasteiger partial charge is 0.380 e. The summed E-state index contributed by atoms with van der Waals surface area (Å²) in [6.07, 6.45) is 1.49. The first-order chi connectivity index (χ1) is 11.5. The number of carbonyl (C=O) groups excluding carboxylic acids is 2. The third-order valence-corrected chi connectivity index (χ3v) is 5.03. The predicted octanol–water partition coefficient (Wildman–Crippen LogP) is 2.70. The van der Waals surface area contributed by atoms with E-state index in [1.165, 1.54) is 17.4 Å². The van der Waals surface area contributed by atoms with Gasteiger partial charge in [0.05, 0.1) is 16.1 Å². The number of nitrogens with two attached hydrogens (primary N) is 1. The van der Waals surface area contributed by atoms with Crippen molar-refractivity contribution in [2.75, 3.05) is 18.4 Å². The molecular weight excluding hydrogens is 329 g/mol. The van der Waals surface area contributed by atoms with Gasteiger partial charge in [0.15, 0.2) is 0 Å². The van der Waals surface area contributed by atoms with E-state index in [2.05, 4.69) is 5.32 Å². The van der Waals surface area contributed by atoms with E-state index in [1.54, 1.807) is 34.5 Å². The minimum atomic E-state index is -0.530. The zero-order valence-electron chi connectivity index (χ0n) is 13.0. The average molecular weight is 347 g/mol. The Kier molecular flexibility index (Phi) is 4.80. The van der Waals surface area contributed by atoms with Gasteiger partial charge in [-0.3, -0.25) is 9.59 Å². The van der Waals surface area contributed by atoms with Gasteiger partial charge in [-0.25, -0.2) is 4.39 Å². The highest BCUT2D eigenvalue weighted by Gasteiger charge is 2.25. The minimum Gasteiger partial charge on any atom is -0.380 e. The molecule has 0 aliphatic carbocycles. The van der Waals surface area contributed by atoms with Crippen LogP contribution < -0.4 is 11.1 Å². The van der Waals surface area contributed by atoms with Crippen molar-refractivity contribution in [3.05, 3.63) is 52.0 Å². The van der Waals surface area contributed by atoms with Gasteiger partial charge in [-0.2, -0.15) is 0 Å². The quantitative estimate of drug-likeness (QED) is 0.893. The monoisotopic (exact) mass is 347 g/mol. The fraction of sp³-hybridized carbons (Fsp3) is 0.294. The zero-order valence-corrected chi connectivity index (χ0v) is 13.8. The van der Waals surface area contributed by atoms with E-state index in [0.717, 1.165) is 12.8 Å². The second kappa shape index (κ2) is 7.00. The van der Waals surface area contributed by atoms with Crippen molar-refractivity contribution < 1.29 is 14.0 Å². The molecule has 5 nitrogen and oxygen atoms in total. The first kappa shape index (κ1) is 16.4. The maximum Gasteiger partial charge on any atom is 0.263 e. The molecule has 2 aromatic rings.